The van der Waals surface area contributed by atoms with E-state index < -0.39 is 0 Å². The van der Waals surface area contributed by atoms with Crippen LogP contribution in [0.25, 0.3) is 55.2 Å². The molecule has 1 aromatic heterocycles. The molecule has 8 rings (SSSR count). The summed E-state index contributed by atoms with van der Waals surface area (Å²) in [5.41, 5.74) is 10.1. The Hall–Kier alpha value is -7.03. The van der Waals surface area contributed by atoms with Gasteiger partial charge in [0.2, 0.25) is 0 Å². The number of benzene rings is 6. The van der Waals surface area contributed by atoms with Crippen LogP contribution in [0.15, 0.2) is 170 Å². The van der Waals surface area contributed by atoms with E-state index in [-0.39, 0.29) is 5.92 Å². The quantitative estimate of drug-likeness (QED) is 0.158. The molecule has 0 spiro atoms. The van der Waals surface area contributed by atoms with Crippen molar-refractivity contribution in [2.45, 2.75) is 6.42 Å². The van der Waals surface area contributed by atoms with Crippen molar-refractivity contribution in [2.24, 2.45) is 5.92 Å². The summed E-state index contributed by atoms with van der Waals surface area (Å²) in [6.07, 6.45) is 8.29. The molecule has 0 bridgehead atoms. The van der Waals surface area contributed by atoms with Gasteiger partial charge in [-0.05, 0) is 80.1 Å². The number of hydrogen-bond acceptors (Lipinski definition) is 5. The molecule has 0 aliphatic heterocycles. The lowest BCUT2D eigenvalue weighted by Gasteiger charge is -2.23. The Bertz CT molecular complexity index is 2630. The minimum absolute atomic E-state index is 0.258. The van der Waals surface area contributed by atoms with Gasteiger partial charge < -0.3 is 10.8 Å². The molecule has 5 heteroatoms. The van der Waals surface area contributed by atoms with Crippen LogP contribution >= 0.6 is 0 Å². The summed E-state index contributed by atoms with van der Waals surface area (Å²) in [7, 11) is 0. The number of allylic oxidation sites excluding steroid dienone is 6. The van der Waals surface area contributed by atoms with Crippen LogP contribution in [0.4, 0.5) is 0 Å². The van der Waals surface area contributed by atoms with Gasteiger partial charge in [-0.1, -0.05) is 146 Å². The number of nitriles is 1. The summed E-state index contributed by atoms with van der Waals surface area (Å²) in [4.78, 5) is 0. The van der Waals surface area contributed by atoms with Crippen molar-refractivity contribution in [1.29, 1.82) is 16.1 Å². The monoisotopic (exact) mass is 667 g/mol. The Morgan fingerprint density at radius 1 is 0.558 bits per heavy atom. The molecular weight excluding hydrogens is 635 g/mol. The average Bonchev–Trinajstić information content (AvgIpc) is 3.22. The fourth-order valence-electron chi connectivity index (χ4n) is 7.05. The zero-order valence-electron chi connectivity index (χ0n) is 28.3. The lowest BCUT2D eigenvalue weighted by atomic mass is 9.80. The highest BCUT2D eigenvalue weighted by atomic mass is 15.1. The number of fused-ring (bicyclic) bond motifs is 2. The number of nitrogens with one attached hydrogen (secondary N) is 2. The summed E-state index contributed by atoms with van der Waals surface area (Å²) in [5, 5.41) is 40.9. The predicted octanol–water partition coefficient (Wildman–Crippen LogP) is 11.1. The van der Waals surface area contributed by atoms with Gasteiger partial charge in [0.05, 0.1) is 34.8 Å². The SMILES string of the molecule is N#CC1C=C(c2cccc3c(C(=N)/C=C\C(=N)c4ccccc4)cccc23)C(c2cccc3c(-c4ccc(-c5ccccc5)nn4)cccc23)=CC1. The van der Waals surface area contributed by atoms with Gasteiger partial charge in [-0.3, -0.25) is 0 Å². The molecule has 0 amide bonds. The maximum atomic E-state index is 10.1. The van der Waals surface area contributed by atoms with Crippen molar-refractivity contribution in [3.63, 3.8) is 0 Å². The van der Waals surface area contributed by atoms with E-state index in [0.717, 1.165) is 77.5 Å². The first kappa shape index (κ1) is 32.2. The topological polar surface area (TPSA) is 97.3 Å². The summed E-state index contributed by atoms with van der Waals surface area (Å²) in [6.45, 7) is 0. The Kier molecular flexibility index (Phi) is 8.71. The molecule has 1 aliphatic carbocycles. The molecular formula is C47H33N5. The average molecular weight is 668 g/mol. The Balaban J connectivity index is 1.18. The maximum Gasteiger partial charge on any atom is 0.0936 e. The van der Waals surface area contributed by atoms with Gasteiger partial charge in [0.1, 0.15) is 0 Å². The van der Waals surface area contributed by atoms with Gasteiger partial charge in [-0.2, -0.15) is 5.26 Å². The Morgan fingerprint density at radius 2 is 1.12 bits per heavy atom. The molecule has 1 heterocycles. The van der Waals surface area contributed by atoms with E-state index in [4.69, 9.17) is 10.8 Å². The molecule has 7 aromatic rings. The van der Waals surface area contributed by atoms with Crippen molar-refractivity contribution >= 4 is 44.1 Å². The summed E-state index contributed by atoms with van der Waals surface area (Å²) >= 11 is 0. The minimum atomic E-state index is -0.258. The number of hydrogen-bond donors (Lipinski definition) is 2. The molecule has 6 aromatic carbocycles. The third-order valence-corrected chi connectivity index (χ3v) is 9.63. The highest BCUT2D eigenvalue weighted by Gasteiger charge is 2.22. The molecule has 52 heavy (non-hydrogen) atoms. The van der Waals surface area contributed by atoms with E-state index in [9.17, 15) is 5.26 Å². The van der Waals surface area contributed by atoms with Crippen LogP contribution in [0.5, 0.6) is 0 Å². The first-order valence-corrected chi connectivity index (χ1v) is 17.3. The largest absolute Gasteiger partial charge is 0.300 e. The van der Waals surface area contributed by atoms with E-state index in [2.05, 4.69) is 76.9 Å². The van der Waals surface area contributed by atoms with Crippen molar-refractivity contribution in [3.05, 3.63) is 192 Å². The standard InChI is InChI=1S/C47H33N5/c48-30-31-23-24-40(35-15-7-19-38-34(35)17-10-22-42(38)47-28-27-46(51-52-47)33-13-5-2-6-14-33)43(29-31)39-20-8-18-37-36(39)16-9-21-41(37)45(50)26-25-44(49)32-11-3-1-4-12-32/h1-22,24-29,31,49-50H,23H2/b26-25-,49-44?,50-45?. The van der Waals surface area contributed by atoms with Crippen molar-refractivity contribution in [3.8, 4) is 28.6 Å². The van der Waals surface area contributed by atoms with Crippen molar-refractivity contribution in [2.75, 3.05) is 0 Å². The fraction of sp³-hybridized carbons (Fsp3) is 0.0426. The highest BCUT2D eigenvalue weighted by Crippen LogP contribution is 2.43. The van der Waals surface area contributed by atoms with E-state index in [1.165, 1.54) is 0 Å². The second kappa shape index (κ2) is 14.1. The van der Waals surface area contributed by atoms with Crippen LogP contribution in [0.2, 0.25) is 0 Å². The molecule has 5 nitrogen and oxygen atoms in total. The van der Waals surface area contributed by atoms with Crippen LogP contribution in [0, 0.1) is 28.1 Å². The van der Waals surface area contributed by atoms with Gasteiger partial charge in [0.15, 0.2) is 0 Å². The molecule has 0 radical (unpaired) electrons. The van der Waals surface area contributed by atoms with Crippen molar-refractivity contribution < 1.29 is 0 Å². The van der Waals surface area contributed by atoms with E-state index in [1.807, 2.05) is 97.1 Å². The number of nitrogens with zero attached hydrogens (tertiary/aromatic N) is 3. The van der Waals surface area contributed by atoms with E-state index in [1.54, 1.807) is 12.2 Å². The normalized spacial score (nSPS) is 14.2. The molecule has 1 aliphatic rings. The minimum Gasteiger partial charge on any atom is -0.300 e. The Morgan fingerprint density at radius 3 is 1.81 bits per heavy atom. The summed E-state index contributed by atoms with van der Waals surface area (Å²) < 4.78 is 0. The smallest absolute Gasteiger partial charge is 0.0936 e. The molecule has 1 atom stereocenters. The third kappa shape index (κ3) is 6.15. The summed E-state index contributed by atoms with van der Waals surface area (Å²) in [6, 6.07) is 51.0. The second-order valence-corrected chi connectivity index (χ2v) is 12.8. The van der Waals surface area contributed by atoms with Crippen LogP contribution < -0.4 is 0 Å². The third-order valence-electron chi connectivity index (χ3n) is 9.63. The first-order chi connectivity index (χ1) is 25.6. The lowest BCUT2D eigenvalue weighted by molar-refractivity contribution is 0.844. The van der Waals surface area contributed by atoms with E-state index in [0.29, 0.717) is 17.8 Å². The van der Waals surface area contributed by atoms with Crippen LogP contribution in [-0.4, -0.2) is 21.6 Å². The number of aromatic nitrogens is 2. The van der Waals surface area contributed by atoms with Gasteiger partial charge in [-0.15, -0.1) is 10.2 Å². The van der Waals surface area contributed by atoms with Crippen LogP contribution in [-0.2, 0) is 0 Å². The van der Waals surface area contributed by atoms with Gasteiger partial charge >= 0.3 is 0 Å². The molecule has 2 N–H and O–H groups in total. The Labute approximate surface area is 302 Å². The predicted molar refractivity (Wildman–Crippen MR) is 213 cm³/mol. The van der Waals surface area contributed by atoms with Gasteiger partial charge in [-0.25, -0.2) is 0 Å². The molecule has 0 saturated carbocycles. The first-order valence-electron chi connectivity index (χ1n) is 17.3. The molecule has 1 unspecified atom stereocenters. The fourth-order valence-corrected chi connectivity index (χ4v) is 7.05. The highest BCUT2D eigenvalue weighted by molar-refractivity contribution is 6.21. The van der Waals surface area contributed by atoms with E-state index >= 15 is 0 Å². The number of rotatable bonds is 8. The van der Waals surface area contributed by atoms with Gasteiger partial charge in [0, 0.05) is 16.7 Å². The van der Waals surface area contributed by atoms with Crippen LogP contribution in [0.1, 0.15) is 28.7 Å². The van der Waals surface area contributed by atoms with Crippen molar-refractivity contribution in [1.82, 2.24) is 10.2 Å². The second-order valence-electron chi connectivity index (χ2n) is 12.8. The zero-order chi connectivity index (χ0) is 35.4. The molecule has 0 fully saturated rings. The van der Waals surface area contributed by atoms with Gasteiger partial charge in [0.25, 0.3) is 0 Å². The van der Waals surface area contributed by atoms with Crippen LogP contribution in [0.3, 0.4) is 0 Å². The lowest BCUT2D eigenvalue weighted by Crippen LogP contribution is -2.04. The zero-order valence-corrected chi connectivity index (χ0v) is 28.3. The molecule has 246 valence electrons. The molecule has 0 saturated heterocycles. The maximum absolute atomic E-state index is 10.1. The summed E-state index contributed by atoms with van der Waals surface area (Å²) in [5.74, 6) is -0.258.